The van der Waals surface area contributed by atoms with Crippen molar-refractivity contribution in [3.8, 4) is 0 Å². The van der Waals surface area contributed by atoms with Crippen LogP contribution in [0.1, 0.15) is 13.3 Å². The second-order valence-electron chi connectivity index (χ2n) is 3.80. The quantitative estimate of drug-likeness (QED) is 0.605. The van der Waals surface area contributed by atoms with Crippen LogP contribution in [-0.2, 0) is 0 Å². The van der Waals surface area contributed by atoms with Crippen LogP contribution in [0.4, 0.5) is 0 Å². The molecule has 1 unspecified atom stereocenters. The van der Waals surface area contributed by atoms with Crippen molar-refractivity contribution in [1.29, 1.82) is 0 Å². The molecule has 62 valence electrons. The second-order valence-corrected chi connectivity index (χ2v) is 8.65. The highest BCUT2D eigenvalue weighted by molar-refractivity contribution is 6.73. The van der Waals surface area contributed by atoms with Crippen LogP contribution in [-0.4, -0.2) is 20.8 Å². The molecule has 1 atom stereocenters. The molecule has 0 aliphatic heterocycles. The Morgan fingerprint density at radius 2 is 1.90 bits per heavy atom. The summed E-state index contributed by atoms with van der Waals surface area (Å²) in [5.74, 6) is 0. The first-order valence-corrected chi connectivity index (χ1v) is 7.46. The van der Waals surface area contributed by atoms with Crippen LogP contribution in [0.25, 0.3) is 0 Å². The van der Waals surface area contributed by atoms with Gasteiger partial charge in [0.1, 0.15) is 8.24 Å². The Hall–Kier alpha value is 0.137. The molecule has 0 spiro atoms. The average molecular weight is 160 g/mol. The lowest BCUT2D eigenvalue weighted by Crippen LogP contribution is -2.47. The Labute approximate surface area is 65.3 Å². The second kappa shape index (κ2) is 4.11. The molecule has 0 aliphatic carbocycles. The number of hydrogen-bond donors (Lipinski definition) is 2. The monoisotopic (exact) mass is 160 g/mol. The Bertz CT molecular complexity index is 88.1. The molecule has 0 amide bonds. The molecule has 0 rings (SSSR count). The number of rotatable bonds is 4. The Morgan fingerprint density at radius 1 is 1.40 bits per heavy atom. The van der Waals surface area contributed by atoms with Crippen LogP contribution >= 0.6 is 0 Å². The molecule has 0 aromatic carbocycles. The minimum absolute atomic E-state index is 0.340. The van der Waals surface area contributed by atoms with Gasteiger partial charge in [-0.15, -0.1) is 0 Å². The highest BCUT2D eigenvalue weighted by Gasteiger charge is 2.12. The summed E-state index contributed by atoms with van der Waals surface area (Å²) < 4.78 is 0. The summed E-state index contributed by atoms with van der Waals surface area (Å²) in [6.45, 7) is 9.96. The fraction of sp³-hybridized carbons (Fsp3) is 1.00. The molecule has 2 nitrogen and oxygen atoms in total. The predicted molar refractivity (Wildman–Crippen MR) is 49.6 cm³/mol. The van der Waals surface area contributed by atoms with Gasteiger partial charge in [-0.1, -0.05) is 26.6 Å². The van der Waals surface area contributed by atoms with Gasteiger partial charge in [0.2, 0.25) is 0 Å². The fourth-order valence-corrected chi connectivity index (χ4v) is 1.46. The van der Waals surface area contributed by atoms with Crippen molar-refractivity contribution in [3.63, 3.8) is 0 Å². The maximum absolute atomic E-state index is 5.74. The van der Waals surface area contributed by atoms with Crippen LogP contribution in [0.15, 0.2) is 0 Å². The third-order valence-electron chi connectivity index (χ3n) is 1.42. The van der Waals surface area contributed by atoms with Gasteiger partial charge in [0.05, 0.1) is 0 Å². The van der Waals surface area contributed by atoms with Crippen LogP contribution in [0, 0.1) is 0 Å². The van der Waals surface area contributed by atoms with E-state index in [0.29, 0.717) is 6.04 Å². The van der Waals surface area contributed by atoms with E-state index in [4.69, 9.17) is 5.73 Å². The zero-order valence-corrected chi connectivity index (χ0v) is 8.57. The van der Waals surface area contributed by atoms with Gasteiger partial charge in [-0.25, -0.2) is 0 Å². The SMILES string of the molecule is CCC(N)CN[Si](C)(C)C. The van der Waals surface area contributed by atoms with Gasteiger partial charge in [0, 0.05) is 12.6 Å². The topological polar surface area (TPSA) is 38.0 Å². The van der Waals surface area contributed by atoms with Crippen molar-refractivity contribution < 1.29 is 0 Å². The Balaban J connectivity index is 3.36. The zero-order valence-electron chi connectivity index (χ0n) is 7.57. The zero-order chi connectivity index (χ0) is 8.20. The molecule has 3 N–H and O–H groups in total. The van der Waals surface area contributed by atoms with E-state index in [2.05, 4.69) is 31.5 Å². The standard InChI is InChI=1S/C7H20N2Si/c1-5-7(8)6-9-10(2,3)4/h7,9H,5-6,8H2,1-4H3. The van der Waals surface area contributed by atoms with E-state index >= 15 is 0 Å². The Kier molecular flexibility index (Phi) is 4.16. The van der Waals surface area contributed by atoms with Gasteiger partial charge in [0.25, 0.3) is 0 Å². The molecule has 0 fully saturated rings. The third-order valence-corrected chi connectivity index (χ3v) is 2.68. The van der Waals surface area contributed by atoms with Crippen molar-refractivity contribution >= 4 is 8.24 Å². The van der Waals surface area contributed by atoms with E-state index in [-0.39, 0.29) is 0 Å². The van der Waals surface area contributed by atoms with E-state index in [1.807, 2.05) is 0 Å². The van der Waals surface area contributed by atoms with Gasteiger partial charge >= 0.3 is 0 Å². The Morgan fingerprint density at radius 3 is 2.20 bits per heavy atom. The normalized spacial score (nSPS) is 15.3. The molecule has 0 saturated heterocycles. The fourth-order valence-electron chi connectivity index (χ4n) is 0.582. The first kappa shape index (κ1) is 10.1. The summed E-state index contributed by atoms with van der Waals surface area (Å²) in [4.78, 5) is 3.49. The molecule has 3 heteroatoms. The molecule has 0 bridgehead atoms. The maximum Gasteiger partial charge on any atom is 0.116 e. The van der Waals surface area contributed by atoms with Crippen LogP contribution in [0.5, 0.6) is 0 Å². The largest absolute Gasteiger partial charge is 0.336 e. The van der Waals surface area contributed by atoms with Gasteiger partial charge < -0.3 is 10.7 Å². The lowest BCUT2D eigenvalue weighted by Gasteiger charge is -2.20. The predicted octanol–water partition coefficient (Wildman–Crippen LogP) is 1.15. The summed E-state index contributed by atoms with van der Waals surface area (Å²) in [5.41, 5.74) is 5.74. The van der Waals surface area contributed by atoms with Crippen LogP contribution in [0.2, 0.25) is 19.6 Å². The molecule has 0 aromatic rings. The van der Waals surface area contributed by atoms with Crippen molar-refractivity contribution in [2.45, 2.75) is 39.0 Å². The third kappa shape index (κ3) is 6.26. The molecule has 0 radical (unpaired) electrons. The molecule has 10 heavy (non-hydrogen) atoms. The van der Waals surface area contributed by atoms with Gasteiger partial charge in [-0.05, 0) is 6.42 Å². The first-order valence-electron chi connectivity index (χ1n) is 3.96. The first-order chi connectivity index (χ1) is 4.45. The van der Waals surface area contributed by atoms with E-state index in [0.717, 1.165) is 13.0 Å². The summed E-state index contributed by atoms with van der Waals surface area (Å²) >= 11 is 0. The van der Waals surface area contributed by atoms with Crippen molar-refractivity contribution in [1.82, 2.24) is 4.98 Å². The minimum Gasteiger partial charge on any atom is -0.336 e. The highest BCUT2D eigenvalue weighted by Crippen LogP contribution is 1.94. The molecular weight excluding hydrogens is 140 g/mol. The highest BCUT2D eigenvalue weighted by atomic mass is 28.3. The number of nitrogens with one attached hydrogen (secondary N) is 1. The van der Waals surface area contributed by atoms with E-state index in [1.54, 1.807) is 0 Å². The van der Waals surface area contributed by atoms with E-state index in [9.17, 15) is 0 Å². The number of hydrogen-bond acceptors (Lipinski definition) is 2. The molecule has 0 heterocycles. The molecular formula is C7H20N2Si. The summed E-state index contributed by atoms with van der Waals surface area (Å²) in [6.07, 6.45) is 1.07. The molecule has 0 aliphatic rings. The minimum atomic E-state index is -1.07. The van der Waals surface area contributed by atoms with Gasteiger partial charge in [-0.3, -0.25) is 0 Å². The van der Waals surface area contributed by atoms with E-state index in [1.165, 1.54) is 0 Å². The molecule has 0 aromatic heterocycles. The van der Waals surface area contributed by atoms with Gasteiger partial charge in [0.15, 0.2) is 0 Å². The van der Waals surface area contributed by atoms with Gasteiger partial charge in [-0.2, -0.15) is 0 Å². The van der Waals surface area contributed by atoms with Crippen molar-refractivity contribution in [2.24, 2.45) is 5.73 Å². The smallest absolute Gasteiger partial charge is 0.116 e. The summed E-state index contributed by atoms with van der Waals surface area (Å²) in [7, 11) is -1.07. The lowest BCUT2D eigenvalue weighted by atomic mass is 10.2. The van der Waals surface area contributed by atoms with Crippen molar-refractivity contribution in [3.05, 3.63) is 0 Å². The van der Waals surface area contributed by atoms with Crippen LogP contribution in [0.3, 0.4) is 0 Å². The van der Waals surface area contributed by atoms with Crippen LogP contribution < -0.4 is 10.7 Å². The lowest BCUT2D eigenvalue weighted by molar-refractivity contribution is 0.629. The summed E-state index contributed by atoms with van der Waals surface area (Å²) in [5, 5.41) is 0. The number of nitrogens with two attached hydrogens (primary N) is 1. The average Bonchev–Trinajstić information content (AvgIpc) is 1.81. The molecule has 0 saturated carbocycles. The van der Waals surface area contributed by atoms with E-state index < -0.39 is 8.24 Å². The summed E-state index contributed by atoms with van der Waals surface area (Å²) in [6, 6.07) is 0.340. The van der Waals surface area contributed by atoms with Crippen molar-refractivity contribution in [2.75, 3.05) is 6.54 Å². The maximum atomic E-state index is 5.74.